The van der Waals surface area contributed by atoms with E-state index in [4.69, 9.17) is 5.73 Å². The van der Waals surface area contributed by atoms with Gasteiger partial charge < -0.3 is 11.1 Å². The Hall–Kier alpha value is -0.610. The minimum atomic E-state index is -0.231. The maximum absolute atomic E-state index is 11.3. The molecule has 0 aromatic heterocycles. The summed E-state index contributed by atoms with van der Waals surface area (Å²) >= 11 is 0. The molecule has 2 fully saturated rings. The lowest BCUT2D eigenvalue weighted by atomic mass is 9.78. The van der Waals surface area contributed by atoms with Crippen LogP contribution in [0.15, 0.2) is 0 Å². The molecule has 17 heavy (non-hydrogen) atoms. The van der Waals surface area contributed by atoms with E-state index in [0.717, 1.165) is 19.0 Å². The molecule has 1 aliphatic heterocycles. The second-order valence-electron chi connectivity index (χ2n) is 5.49. The Bertz CT molecular complexity index is 267. The highest BCUT2D eigenvalue weighted by Gasteiger charge is 2.34. The summed E-state index contributed by atoms with van der Waals surface area (Å²) in [6.07, 6.45) is 8.07. The Morgan fingerprint density at radius 1 is 1.35 bits per heavy atom. The zero-order valence-corrected chi connectivity index (χ0v) is 10.8. The van der Waals surface area contributed by atoms with Crippen molar-refractivity contribution in [3.63, 3.8) is 0 Å². The van der Waals surface area contributed by atoms with Crippen LogP contribution in [0.5, 0.6) is 0 Å². The van der Waals surface area contributed by atoms with Crippen LogP contribution in [0, 0.1) is 5.92 Å². The number of likely N-dealkylation sites (tertiary alicyclic amines) is 1. The van der Waals surface area contributed by atoms with Gasteiger partial charge >= 0.3 is 0 Å². The summed E-state index contributed by atoms with van der Waals surface area (Å²) in [5, 5.41) is 3.03. The van der Waals surface area contributed by atoms with E-state index in [0.29, 0.717) is 6.04 Å². The van der Waals surface area contributed by atoms with Crippen LogP contribution < -0.4 is 11.1 Å². The third kappa shape index (κ3) is 2.99. The number of primary amides is 1. The van der Waals surface area contributed by atoms with Crippen molar-refractivity contribution in [3.05, 3.63) is 0 Å². The molecule has 4 nitrogen and oxygen atoms in total. The molecule has 1 saturated carbocycles. The number of piperidine rings is 1. The maximum Gasteiger partial charge on any atom is 0.235 e. The van der Waals surface area contributed by atoms with Crippen molar-refractivity contribution in [2.45, 2.75) is 50.6 Å². The lowest BCUT2D eigenvalue weighted by molar-refractivity contribution is -0.120. The Morgan fingerprint density at radius 2 is 2.06 bits per heavy atom. The molecule has 3 unspecified atom stereocenters. The van der Waals surface area contributed by atoms with Crippen LogP contribution in [0.3, 0.4) is 0 Å². The van der Waals surface area contributed by atoms with Gasteiger partial charge in [0, 0.05) is 12.6 Å². The Kier molecular flexibility index (Phi) is 4.40. The van der Waals surface area contributed by atoms with Gasteiger partial charge in [0.1, 0.15) is 0 Å². The lowest BCUT2D eigenvalue weighted by Crippen LogP contribution is -2.54. The number of nitrogens with zero attached hydrogens (tertiary/aromatic N) is 1. The number of likely N-dealkylation sites (N-methyl/N-ethyl adjacent to an activating group) is 1. The Labute approximate surface area is 104 Å². The molecule has 0 aromatic rings. The first-order valence-corrected chi connectivity index (χ1v) is 6.93. The van der Waals surface area contributed by atoms with E-state index in [1.807, 2.05) is 7.05 Å². The minimum Gasteiger partial charge on any atom is -0.368 e. The fourth-order valence-electron chi connectivity index (χ4n) is 3.51. The number of nitrogens with one attached hydrogen (secondary N) is 1. The van der Waals surface area contributed by atoms with Crippen LogP contribution in [-0.4, -0.2) is 43.0 Å². The number of nitrogens with two attached hydrogens (primary N) is 1. The number of rotatable bonds is 4. The molecule has 0 aromatic carbocycles. The second kappa shape index (κ2) is 5.83. The molecule has 1 heterocycles. The number of carbonyl (C=O) groups excluding carboxylic acids is 1. The van der Waals surface area contributed by atoms with Gasteiger partial charge in [0.2, 0.25) is 5.91 Å². The third-order valence-corrected chi connectivity index (χ3v) is 4.47. The monoisotopic (exact) mass is 239 g/mol. The smallest absolute Gasteiger partial charge is 0.235 e. The summed E-state index contributed by atoms with van der Waals surface area (Å²) in [5.41, 5.74) is 5.40. The van der Waals surface area contributed by atoms with Crippen LogP contribution in [-0.2, 0) is 4.79 Å². The molecule has 98 valence electrons. The van der Waals surface area contributed by atoms with Crippen molar-refractivity contribution in [2.75, 3.05) is 20.1 Å². The molecule has 2 rings (SSSR count). The minimum absolute atomic E-state index is 0.198. The molecule has 2 aliphatic rings. The zero-order chi connectivity index (χ0) is 12.3. The van der Waals surface area contributed by atoms with Crippen molar-refractivity contribution in [1.29, 1.82) is 0 Å². The molecule has 4 heteroatoms. The molecule has 0 radical (unpaired) electrons. The highest BCUT2D eigenvalue weighted by atomic mass is 16.1. The van der Waals surface area contributed by atoms with Crippen LogP contribution >= 0.6 is 0 Å². The summed E-state index contributed by atoms with van der Waals surface area (Å²) in [6.45, 7) is 1.92. The molecule has 3 atom stereocenters. The SMILES string of the molecule is CNC(CN1CCCC2CCCCC21)C(N)=O. The zero-order valence-electron chi connectivity index (χ0n) is 10.8. The van der Waals surface area contributed by atoms with Crippen LogP contribution in [0.1, 0.15) is 38.5 Å². The van der Waals surface area contributed by atoms with Gasteiger partial charge in [0.15, 0.2) is 0 Å². The molecule has 0 spiro atoms. The average Bonchev–Trinajstić information content (AvgIpc) is 2.35. The normalized spacial score (nSPS) is 31.8. The Balaban J connectivity index is 1.96. The van der Waals surface area contributed by atoms with Crippen molar-refractivity contribution in [3.8, 4) is 0 Å². The van der Waals surface area contributed by atoms with Gasteiger partial charge in [-0.15, -0.1) is 0 Å². The Morgan fingerprint density at radius 3 is 2.76 bits per heavy atom. The van der Waals surface area contributed by atoms with Gasteiger partial charge in [-0.05, 0) is 45.2 Å². The van der Waals surface area contributed by atoms with E-state index in [-0.39, 0.29) is 11.9 Å². The van der Waals surface area contributed by atoms with Gasteiger partial charge in [-0.1, -0.05) is 12.8 Å². The van der Waals surface area contributed by atoms with Crippen LogP contribution in [0.4, 0.5) is 0 Å². The molecule has 1 amide bonds. The summed E-state index contributed by atoms with van der Waals surface area (Å²) in [6, 6.07) is 0.503. The molecular weight excluding hydrogens is 214 g/mol. The number of fused-ring (bicyclic) bond motifs is 1. The van der Waals surface area contributed by atoms with Gasteiger partial charge in [-0.3, -0.25) is 9.69 Å². The molecule has 1 saturated heterocycles. The number of hydrogen-bond donors (Lipinski definition) is 2. The van der Waals surface area contributed by atoms with E-state index in [1.165, 1.54) is 38.5 Å². The third-order valence-electron chi connectivity index (χ3n) is 4.47. The van der Waals surface area contributed by atoms with E-state index >= 15 is 0 Å². The number of carbonyl (C=O) groups is 1. The highest BCUT2D eigenvalue weighted by molar-refractivity contribution is 5.80. The van der Waals surface area contributed by atoms with Gasteiger partial charge in [-0.25, -0.2) is 0 Å². The van der Waals surface area contributed by atoms with Crippen LogP contribution in [0.2, 0.25) is 0 Å². The number of amides is 1. The number of hydrogen-bond acceptors (Lipinski definition) is 3. The van der Waals surface area contributed by atoms with E-state index in [9.17, 15) is 4.79 Å². The predicted molar refractivity (Wildman–Crippen MR) is 68.6 cm³/mol. The molecule has 0 bridgehead atoms. The molecule has 1 aliphatic carbocycles. The lowest BCUT2D eigenvalue weighted by Gasteiger charge is -2.45. The quantitative estimate of drug-likeness (QED) is 0.760. The van der Waals surface area contributed by atoms with Gasteiger partial charge in [-0.2, -0.15) is 0 Å². The van der Waals surface area contributed by atoms with Crippen LogP contribution in [0.25, 0.3) is 0 Å². The first-order valence-electron chi connectivity index (χ1n) is 6.93. The first kappa shape index (κ1) is 12.8. The molecular formula is C13H25N3O. The fraction of sp³-hybridized carbons (Fsp3) is 0.923. The van der Waals surface area contributed by atoms with Crippen molar-refractivity contribution >= 4 is 5.91 Å². The average molecular weight is 239 g/mol. The summed E-state index contributed by atoms with van der Waals surface area (Å²) in [7, 11) is 1.82. The fourth-order valence-corrected chi connectivity index (χ4v) is 3.51. The van der Waals surface area contributed by atoms with E-state index < -0.39 is 0 Å². The largest absolute Gasteiger partial charge is 0.368 e. The van der Waals surface area contributed by atoms with Crippen molar-refractivity contribution in [2.24, 2.45) is 11.7 Å². The maximum atomic E-state index is 11.3. The first-order chi connectivity index (χ1) is 8.22. The van der Waals surface area contributed by atoms with Gasteiger partial charge in [0.05, 0.1) is 6.04 Å². The molecule has 3 N–H and O–H groups in total. The van der Waals surface area contributed by atoms with Crippen molar-refractivity contribution in [1.82, 2.24) is 10.2 Å². The standard InChI is InChI=1S/C13H25N3O/c1-15-11(13(14)17)9-16-8-4-6-10-5-2-3-7-12(10)16/h10-12,15H,2-9H2,1H3,(H2,14,17). The van der Waals surface area contributed by atoms with Crippen molar-refractivity contribution < 1.29 is 4.79 Å². The van der Waals surface area contributed by atoms with Gasteiger partial charge in [0.25, 0.3) is 0 Å². The summed E-state index contributed by atoms with van der Waals surface area (Å²) in [4.78, 5) is 13.8. The highest BCUT2D eigenvalue weighted by Crippen LogP contribution is 2.35. The van der Waals surface area contributed by atoms with E-state index in [2.05, 4.69) is 10.2 Å². The predicted octanol–water partition coefficient (Wildman–Crippen LogP) is 0.714. The summed E-state index contributed by atoms with van der Waals surface area (Å²) in [5.74, 6) is 0.633. The topological polar surface area (TPSA) is 58.4 Å². The summed E-state index contributed by atoms with van der Waals surface area (Å²) < 4.78 is 0. The van der Waals surface area contributed by atoms with E-state index in [1.54, 1.807) is 0 Å². The second-order valence-corrected chi connectivity index (χ2v) is 5.49.